The SMILES string of the molecule is CC/C=C\C/C=C\C/C=C\C/C=C\C/C=C\CCCCOCC(COC(=O)CCCCCCCCCCC/C=C\CCCCCCCC)OC(=O)CCCCCCCCC/C=C\CCCCCCCC. The first kappa shape index (κ1) is 67.1. The quantitative estimate of drug-likeness (QED) is 0.0345. The molecule has 0 heterocycles. The zero-order valence-electron chi connectivity index (χ0n) is 46.5. The topological polar surface area (TPSA) is 61.8 Å². The maximum atomic E-state index is 12.9. The lowest BCUT2D eigenvalue weighted by atomic mass is 10.1. The molecule has 1 atom stereocenters. The van der Waals surface area contributed by atoms with E-state index in [1.54, 1.807) is 0 Å². The molecule has 0 radical (unpaired) electrons. The number of ether oxygens (including phenoxy) is 3. The van der Waals surface area contributed by atoms with Crippen molar-refractivity contribution in [3.8, 4) is 0 Å². The second-order valence-corrected chi connectivity index (χ2v) is 19.9. The van der Waals surface area contributed by atoms with Crippen LogP contribution in [0.25, 0.3) is 0 Å². The number of rotatable bonds is 55. The van der Waals surface area contributed by atoms with E-state index in [9.17, 15) is 9.59 Å². The molecule has 0 aliphatic heterocycles. The van der Waals surface area contributed by atoms with E-state index in [2.05, 4.69) is 106 Å². The Hall–Kier alpha value is -2.92. The molecule has 0 bridgehead atoms. The molecule has 404 valence electrons. The van der Waals surface area contributed by atoms with E-state index in [1.165, 1.54) is 173 Å². The summed E-state index contributed by atoms with van der Waals surface area (Å²) in [6.45, 7) is 7.63. The summed E-state index contributed by atoms with van der Waals surface area (Å²) in [7, 11) is 0. The van der Waals surface area contributed by atoms with Crippen molar-refractivity contribution in [2.75, 3.05) is 19.8 Å². The summed E-state index contributed by atoms with van der Waals surface area (Å²) in [6.07, 6.45) is 80.4. The van der Waals surface area contributed by atoms with Crippen LogP contribution in [0.15, 0.2) is 85.1 Å². The van der Waals surface area contributed by atoms with Crippen molar-refractivity contribution in [2.24, 2.45) is 0 Å². The summed E-state index contributed by atoms with van der Waals surface area (Å²) in [5.41, 5.74) is 0. The lowest BCUT2D eigenvalue weighted by Crippen LogP contribution is -2.30. The van der Waals surface area contributed by atoms with Crippen LogP contribution in [0, 0.1) is 0 Å². The van der Waals surface area contributed by atoms with E-state index in [1.807, 2.05) is 0 Å². The molecule has 0 aromatic carbocycles. The highest BCUT2D eigenvalue weighted by molar-refractivity contribution is 5.70. The molecule has 70 heavy (non-hydrogen) atoms. The van der Waals surface area contributed by atoms with Gasteiger partial charge in [-0.2, -0.15) is 0 Å². The van der Waals surface area contributed by atoms with Gasteiger partial charge in [0.15, 0.2) is 6.10 Å². The predicted molar refractivity (Wildman–Crippen MR) is 307 cm³/mol. The third-order valence-corrected chi connectivity index (χ3v) is 12.9. The lowest BCUT2D eigenvalue weighted by Gasteiger charge is -2.18. The van der Waals surface area contributed by atoms with Gasteiger partial charge in [0.05, 0.1) is 6.61 Å². The average Bonchev–Trinajstić information content (AvgIpc) is 3.36. The second-order valence-electron chi connectivity index (χ2n) is 19.9. The summed E-state index contributed by atoms with van der Waals surface area (Å²) >= 11 is 0. The van der Waals surface area contributed by atoms with Crippen molar-refractivity contribution >= 4 is 11.9 Å². The maximum absolute atomic E-state index is 12.9. The molecule has 5 nitrogen and oxygen atoms in total. The molecule has 1 unspecified atom stereocenters. The van der Waals surface area contributed by atoms with Gasteiger partial charge >= 0.3 is 11.9 Å². The molecule has 0 aliphatic rings. The molecule has 0 N–H and O–H groups in total. The van der Waals surface area contributed by atoms with Crippen LogP contribution in [0.5, 0.6) is 0 Å². The molecule has 0 saturated heterocycles. The summed E-state index contributed by atoms with van der Waals surface area (Å²) in [5.74, 6) is -0.422. The average molecular weight is 976 g/mol. The van der Waals surface area contributed by atoms with E-state index in [4.69, 9.17) is 14.2 Å². The van der Waals surface area contributed by atoms with Crippen LogP contribution in [-0.2, 0) is 23.8 Å². The van der Waals surface area contributed by atoms with Crippen molar-refractivity contribution in [2.45, 2.75) is 297 Å². The van der Waals surface area contributed by atoms with E-state index >= 15 is 0 Å². The zero-order chi connectivity index (χ0) is 50.6. The van der Waals surface area contributed by atoms with Gasteiger partial charge in [0.25, 0.3) is 0 Å². The molecule has 0 spiro atoms. The second kappa shape index (κ2) is 60.4. The monoisotopic (exact) mass is 975 g/mol. The lowest BCUT2D eigenvalue weighted by molar-refractivity contribution is -0.163. The highest BCUT2D eigenvalue weighted by Crippen LogP contribution is 2.15. The van der Waals surface area contributed by atoms with Crippen molar-refractivity contribution in [1.29, 1.82) is 0 Å². The minimum atomic E-state index is -0.566. The highest BCUT2D eigenvalue weighted by atomic mass is 16.6. The summed E-state index contributed by atoms with van der Waals surface area (Å²) in [6, 6.07) is 0. The molecular formula is C65H114O5. The Morgan fingerprint density at radius 3 is 1.04 bits per heavy atom. The Morgan fingerprint density at radius 1 is 0.329 bits per heavy atom. The molecule has 0 saturated carbocycles. The van der Waals surface area contributed by atoms with Crippen LogP contribution in [0.2, 0.25) is 0 Å². The number of hydrogen-bond acceptors (Lipinski definition) is 5. The van der Waals surface area contributed by atoms with Crippen molar-refractivity contribution in [3.05, 3.63) is 85.1 Å². The minimum absolute atomic E-state index is 0.0633. The minimum Gasteiger partial charge on any atom is -0.462 e. The van der Waals surface area contributed by atoms with Crippen LogP contribution in [0.3, 0.4) is 0 Å². The Labute approximate surface area is 435 Å². The summed E-state index contributed by atoms with van der Waals surface area (Å²) in [4.78, 5) is 25.6. The first-order valence-corrected chi connectivity index (χ1v) is 30.1. The normalized spacial score (nSPS) is 12.8. The fourth-order valence-corrected chi connectivity index (χ4v) is 8.41. The van der Waals surface area contributed by atoms with Crippen LogP contribution in [0.4, 0.5) is 0 Å². The van der Waals surface area contributed by atoms with Crippen LogP contribution in [0.1, 0.15) is 290 Å². The number of hydrogen-bond donors (Lipinski definition) is 0. The number of esters is 2. The van der Waals surface area contributed by atoms with Gasteiger partial charge in [-0.3, -0.25) is 9.59 Å². The van der Waals surface area contributed by atoms with E-state index in [0.29, 0.717) is 19.4 Å². The van der Waals surface area contributed by atoms with Gasteiger partial charge < -0.3 is 14.2 Å². The largest absolute Gasteiger partial charge is 0.462 e. The number of unbranched alkanes of at least 4 members (excludes halogenated alkanes) is 30. The molecule has 0 aliphatic carbocycles. The van der Waals surface area contributed by atoms with Crippen LogP contribution >= 0.6 is 0 Å². The Bertz CT molecular complexity index is 1290. The number of allylic oxidation sites excluding steroid dienone is 14. The fraction of sp³-hybridized carbons (Fsp3) is 0.754. The first-order valence-electron chi connectivity index (χ1n) is 30.1. The molecule has 5 heteroatoms. The van der Waals surface area contributed by atoms with Gasteiger partial charge in [-0.05, 0) is 116 Å². The first-order chi connectivity index (χ1) is 34.6. The highest BCUT2D eigenvalue weighted by Gasteiger charge is 2.17. The molecule has 0 rings (SSSR count). The fourth-order valence-electron chi connectivity index (χ4n) is 8.41. The summed E-state index contributed by atoms with van der Waals surface area (Å²) in [5, 5.41) is 0. The summed E-state index contributed by atoms with van der Waals surface area (Å²) < 4.78 is 17.5. The van der Waals surface area contributed by atoms with Gasteiger partial charge in [0.1, 0.15) is 6.61 Å². The molecule has 0 fully saturated rings. The molecular weight excluding hydrogens is 861 g/mol. The third kappa shape index (κ3) is 57.7. The Balaban J connectivity index is 4.35. The predicted octanol–water partition coefficient (Wildman–Crippen LogP) is 20.8. The maximum Gasteiger partial charge on any atom is 0.306 e. The Kier molecular flexibility index (Phi) is 57.9. The standard InChI is InChI=1S/C65H114O5/c1-4-7-10-13-16-19-22-25-28-31-33-35-37-40-43-46-49-52-55-58-64(66)69-62-63(61-68-60-57-54-51-48-45-42-39-36-32-29-26-23-20-17-14-11-8-5-2)70-65(67)59-56-53-50-47-44-41-38-34-30-27-24-21-18-15-12-9-6-3/h8,11,17,20,25-30,36,39,45,48,63H,4-7,9-10,12-16,18-19,21-24,31-35,37-38,40-44,46-47,49-62H2,1-3H3/b11-8-,20-17-,28-25-,29-26-,30-27-,39-36-,48-45-. The van der Waals surface area contributed by atoms with Crippen molar-refractivity contribution in [3.63, 3.8) is 0 Å². The third-order valence-electron chi connectivity index (χ3n) is 12.9. The number of carbonyl (C=O) groups excluding carboxylic acids is 2. The van der Waals surface area contributed by atoms with Crippen molar-refractivity contribution in [1.82, 2.24) is 0 Å². The zero-order valence-corrected chi connectivity index (χ0v) is 46.5. The molecule has 0 aromatic heterocycles. The van der Waals surface area contributed by atoms with Gasteiger partial charge in [-0.25, -0.2) is 0 Å². The Morgan fingerprint density at radius 2 is 0.643 bits per heavy atom. The number of carbonyl (C=O) groups is 2. The smallest absolute Gasteiger partial charge is 0.306 e. The van der Waals surface area contributed by atoms with E-state index < -0.39 is 6.10 Å². The van der Waals surface area contributed by atoms with Crippen LogP contribution < -0.4 is 0 Å². The van der Waals surface area contributed by atoms with Crippen molar-refractivity contribution < 1.29 is 23.8 Å². The van der Waals surface area contributed by atoms with Gasteiger partial charge in [-0.15, -0.1) is 0 Å². The van der Waals surface area contributed by atoms with E-state index in [0.717, 1.165) is 83.5 Å². The van der Waals surface area contributed by atoms with Crippen LogP contribution in [-0.4, -0.2) is 37.9 Å². The van der Waals surface area contributed by atoms with Gasteiger partial charge in [-0.1, -0.05) is 247 Å². The molecule has 0 amide bonds. The van der Waals surface area contributed by atoms with Gasteiger partial charge in [0.2, 0.25) is 0 Å². The van der Waals surface area contributed by atoms with E-state index in [-0.39, 0.29) is 25.2 Å². The van der Waals surface area contributed by atoms with Gasteiger partial charge in [0, 0.05) is 19.4 Å². The molecule has 0 aromatic rings.